The van der Waals surface area contributed by atoms with E-state index >= 15 is 0 Å². The molecule has 0 aliphatic heterocycles. The van der Waals surface area contributed by atoms with Gasteiger partial charge in [-0.1, -0.05) is 6.07 Å². The smallest absolute Gasteiger partial charge is 0.161 e. The monoisotopic (exact) mass is 246 g/mol. The number of ether oxygens (including phenoxy) is 2. The van der Waals surface area contributed by atoms with E-state index in [0.29, 0.717) is 18.8 Å². The molecule has 2 rings (SSSR count). The molecule has 1 fully saturated rings. The maximum atomic E-state index is 11.6. The van der Waals surface area contributed by atoms with Gasteiger partial charge in [-0.05, 0) is 49.1 Å². The number of carbonyl (C=O) groups excluding carboxylic acids is 1. The zero-order valence-corrected chi connectivity index (χ0v) is 10.9. The minimum atomic E-state index is 0.267. The van der Waals surface area contributed by atoms with Crippen molar-refractivity contribution in [2.75, 3.05) is 13.7 Å². The van der Waals surface area contributed by atoms with Gasteiger partial charge in [0, 0.05) is 6.42 Å². The fraction of sp³-hybridized carbons (Fsp3) is 0.400. The summed E-state index contributed by atoms with van der Waals surface area (Å²) >= 11 is 0. The molecule has 1 aliphatic rings. The number of hydrogen-bond donors (Lipinski definition) is 0. The normalized spacial score (nSPS) is 17.2. The third kappa shape index (κ3) is 2.73. The van der Waals surface area contributed by atoms with Crippen LogP contribution in [0.3, 0.4) is 0 Å². The molecule has 0 aromatic heterocycles. The highest BCUT2D eigenvalue weighted by atomic mass is 16.5. The van der Waals surface area contributed by atoms with Gasteiger partial charge in [0.1, 0.15) is 0 Å². The van der Waals surface area contributed by atoms with Gasteiger partial charge in [-0.2, -0.15) is 0 Å². The molecule has 1 saturated carbocycles. The number of carbonyl (C=O) groups is 1. The summed E-state index contributed by atoms with van der Waals surface area (Å²) in [5, 5.41) is 0. The molecule has 0 N–H and O–H groups in total. The highest BCUT2D eigenvalue weighted by Gasteiger charge is 2.16. The molecule has 0 saturated heterocycles. The Morgan fingerprint density at radius 1 is 1.28 bits per heavy atom. The van der Waals surface area contributed by atoms with Crippen LogP contribution < -0.4 is 9.47 Å². The maximum absolute atomic E-state index is 11.6. The molecule has 3 nitrogen and oxygen atoms in total. The van der Waals surface area contributed by atoms with E-state index < -0.39 is 0 Å². The van der Waals surface area contributed by atoms with Gasteiger partial charge in [-0.15, -0.1) is 0 Å². The van der Waals surface area contributed by atoms with Crippen molar-refractivity contribution in [2.45, 2.75) is 26.2 Å². The van der Waals surface area contributed by atoms with Crippen LogP contribution in [0.4, 0.5) is 0 Å². The summed E-state index contributed by atoms with van der Waals surface area (Å²) in [5.74, 6) is 1.71. The van der Waals surface area contributed by atoms with Crippen molar-refractivity contribution in [1.29, 1.82) is 0 Å². The second-order valence-electron chi connectivity index (χ2n) is 4.29. The lowest BCUT2D eigenvalue weighted by molar-refractivity contribution is -0.114. The molecule has 0 spiro atoms. The second kappa shape index (κ2) is 5.71. The highest BCUT2D eigenvalue weighted by Crippen LogP contribution is 2.30. The Balaban J connectivity index is 2.27. The van der Waals surface area contributed by atoms with Gasteiger partial charge < -0.3 is 9.47 Å². The molecule has 0 atom stereocenters. The third-order valence-corrected chi connectivity index (χ3v) is 3.04. The van der Waals surface area contributed by atoms with Gasteiger partial charge in [-0.3, -0.25) is 4.79 Å². The van der Waals surface area contributed by atoms with Crippen molar-refractivity contribution in [2.24, 2.45) is 0 Å². The van der Waals surface area contributed by atoms with E-state index in [2.05, 4.69) is 0 Å². The number of hydrogen-bond acceptors (Lipinski definition) is 3. The summed E-state index contributed by atoms with van der Waals surface area (Å²) in [6.45, 7) is 2.54. The van der Waals surface area contributed by atoms with Crippen LogP contribution in [0.1, 0.15) is 31.7 Å². The molecule has 0 radical (unpaired) electrons. The first-order valence-electron chi connectivity index (χ1n) is 6.29. The number of benzene rings is 1. The van der Waals surface area contributed by atoms with Crippen LogP contribution in [-0.2, 0) is 4.79 Å². The Bertz CT molecular complexity index is 475. The Hall–Kier alpha value is -1.77. The van der Waals surface area contributed by atoms with E-state index in [-0.39, 0.29) is 5.78 Å². The lowest BCUT2D eigenvalue weighted by atomic mass is 10.1. The zero-order valence-electron chi connectivity index (χ0n) is 10.9. The average Bonchev–Trinajstić information content (AvgIpc) is 2.77. The zero-order chi connectivity index (χ0) is 13.0. The minimum absolute atomic E-state index is 0.267. The molecule has 1 aromatic rings. The molecule has 0 bridgehead atoms. The van der Waals surface area contributed by atoms with Gasteiger partial charge in [0.25, 0.3) is 0 Å². The number of rotatable bonds is 4. The summed E-state index contributed by atoms with van der Waals surface area (Å²) < 4.78 is 10.8. The molecule has 96 valence electrons. The fourth-order valence-corrected chi connectivity index (χ4v) is 2.14. The van der Waals surface area contributed by atoms with Crippen molar-refractivity contribution < 1.29 is 14.3 Å². The minimum Gasteiger partial charge on any atom is -0.493 e. The largest absolute Gasteiger partial charge is 0.493 e. The van der Waals surface area contributed by atoms with Crippen LogP contribution >= 0.6 is 0 Å². The van der Waals surface area contributed by atoms with Crippen LogP contribution in [0.2, 0.25) is 0 Å². The highest BCUT2D eigenvalue weighted by molar-refractivity contribution is 6.01. The molecule has 0 amide bonds. The van der Waals surface area contributed by atoms with Crippen LogP contribution in [0, 0.1) is 0 Å². The average molecular weight is 246 g/mol. The van der Waals surface area contributed by atoms with E-state index in [1.807, 2.05) is 31.2 Å². The first-order valence-corrected chi connectivity index (χ1v) is 6.29. The number of Topliss-reactive ketones (excluding diaryl/α,β-unsaturated/α-hetero) is 1. The van der Waals surface area contributed by atoms with Crippen molar-refractivity contribution >= 4 is 11.9 Å². The third-order valence-electron chi connectivity index (χ3n) is 3.04. The summed E-state index contributed by atoms with van der Waals surface area (Å²) in [5.41, 5.74) is 1.90. The van der Waals surface area contributed by atoms with E-state index in [4.69, 9.17) is 9.47 Å². The SMILES string of the molecule is CCOc1ccc(C=C2CCCC2=O)cc1OC. The fourth-order valence-electron chi connectivity index (χ4n) is 2.14. The predicted octanol–water partition coefficient (Wildman–Crippen LogP) is 3.23. The van der Waals surface area contributed by atoms with Crippen LogP contribution in [0.25, 0.3) is 6.08 Å². The molecule has 1 aromatic carbocycles. The summed E-state index contributed by atoms with van der Waals surface area (Å²) in [6, 6.07) is 5.74. The Morgan fingerprint density at radius 3 is 2.72 bits per heavy atom. The van der Waals surface area contributed by atoms with Gasteiger partial charge in [-0.25, -0.2) is 0 Å². The first kappa shape index (κ1) is 12.7. The molecule has 3 heteroatoms. The topological polar surface area (TPSA) is 35.5 Å². The van der Waals surface area contributed by atoms with E-state index in [1.165, 1.54) is 0 Å². The molecular weight excluding hydrogens is 228 g/mol. The predicted molar refractivity (Wildman–Crippen MR) is 71.0 cm³/mol. The molecule has 18 heavy (non-hydrogen) atoms. The maximum Gasteiger partial charge on any atom is 0.161 e. The number of methoxy groups -OCH3 is 1. The molecule has 0 heterocycles. The lowest BCUT2D eigenvalue weighted by Crippen LogP contribution is -1.96. The van der Waals surface area contributed by atoms with Gasteiger partial charge in [0.05, 0.1) is 13.7 Å². The van der Waals surface area contributed by atoms with Crippen molar-refractivity contribution in [3.8, 4) is 11.5 Å². The van der Waals surface area contributed by atoms with Gasteiger partial charge >= 0.3 is 0 Å². The molecule has 1 aliphatic carbocycles. The summed E-state index contributed by atoms with van der Waals surface area (Å²) in [4.78, 5) is 11.6. The second-order valence-corrected chi connectivity index (χ2v) is 4.29. The van der Waals surface area contributed by atoms with Crippen molar-refractivity contribution in [1.82, 2.24) is 0 Å². The number of ketones is 1. The Morgan fingerprint density at radius 2 is 2.11 bits per heavy atom. The molecule has 0 unspecified atom stereocenters. The number of allylic oxidation sites excluding steroid dienone is 1. The van der Waals surface area contributed by atoms with Gasteiger partial charge in [0.2, 0.25) is 0 Å². The summed E-state index contributed by atoms with van der Waals surface area (Å²) in [7, 11) is 1.62. The van der Waals surface area contributed by atoms with Crippen LogP contribution in [0.15, 0.2) is 23.8 Å². The molecular formula is C15H18O3. The van der Waals surface area contributed by atoms with Crippen molar-refractivity contribution in [3.05, 3.63) is 29.3 Å². The summed E-state index contributed by atoms with van der Waals surface area (Å²) in [6.07, 6.45) is 4.49. The van der Waals surface area contributed by atoms with E-state index in [0.717, 1.165) is 29.7 Å². The van der Waals surface area contributed by atoms with Crippen LogP contribution in [0.5, 0.6) is 11.5 Å². The van der Waals surface area contributed by atoms with Crippen molar-refractivity contribution in [3.63, 3.8) is 0 Å². The first-order chi connectivity index (χ1) is 8.74. The van der Waals surface area contributed by atoms with Crippen LogP contribution in [-0.4, -0.2) is 19.5 Å². The lowest BCUT2D eigenvalue weighted by Gasteiger charge is -2.09. The Labute approximate surface area is 107 Å². The van der Waals surface area contributed by atoms with E-state index in [9.17, 15) is 4.79 Å². The van der Waals surface area contributed by atoms with E-state index in [1.54, 1.807) is 7.11 Å². The quantitative estimate of drug-likeness (QED) is 0.765. The Kier molecular flexibility index (Phi) is 4.03. The standard InChI is InChI=1S/C15H18O3/c1-3-18-14-8-7-11(10-15(14)17-2)9-12-5-4-6-13(12)16/h7-10H,3-6H2,1-2H3. The van der Waals surface area contributed by atoms with Gasteiger partial charge in [0.15, 0.2) is 17.3 Å².